The summed E-state index contributed by atoms with van der Waals surface area (Å²) in [5, 5.41) is 0. The third kappa shape index (κ3) is 8.54. The second-order valence-corrected chi connectivity index (χ2v) is 1.65. The first-order valence-electron chi connectivity index (χ1n) is 2.62. The fourth-order valence-electron chi connectivity index (χ4n) is 0.260. The molecule has 0 aromatic heterocycles. The Balaban J connectivity index is 2.65. The molecule has 6 heteroatoms. The molecular formula is C4H10O4S2. The van der Waals surface area contributed by atoms with Gasteiger partial charge >= 0.3 is 0 Å². The fraction of sp³-hybridized carbons (Fsp3) is 1.00. The van der Waals surface area contributed by atoms with Crippen molar-refractivity contribution >= 4 is 25.3 Å². The summed E-state index contributed by atoms with van der Waals surface area (Å²) >= 11 is 7.47. The lowest BCUT2D eigenvalue weighted by Crippen LogP contribution is -2.04. The summed E-state index contributed by atoms with van der Waals surface area (Å²) in [6, 6.07) is 0. The zero-order valence-electron chi connectivity index (χ0n) is 5.36. The summed E-state index contributed by atoms with van der Waals surface area (Å²) in [7, 11) is 0. The third-order valence-electron chi connectivity index (χ3n) is 0.522. The van der Waals surface area contributed by atoms with Crippen LogP contribution in [0.5, 0.6) is 0 Å². The highest BCUT2D eigenvalue weighted by atomic mass is 32.1. The molecule has 0 unspecified atom stereocenters. The summed E-state index contributed by atoms with van der Waals surface area (Å²) in [5.41, 5.74) is 0. The monoisotopic (exact) mass is 186 g/mol. The lowest BCUT2D eigenvalue weighted by molar-refractivity contribution is -0.326. The number of hydrogen-bond acceptors (Lipinski definition) is 6. The maximum absolute atomic E-state index is 4.52. The second-order valence-electron chi connectivity index (χ2n) is 1.14. The predicted octanol–water partition coefficient (Wildman–Crippen LogP) is 0.657. The zero-order valence-corrected chi connectivity index (χ0v) is 7.14. The molecule has 0 amide bonds. The standard InChI is InChI=1S/C4H10O4S2/c9-3-7-5-1-2-6-8-4-10/h9-10H,1-4H2. The molecule has 0 rings (SSSR count). The second kappa shape index (κ2) is 9.54. The van der Waals surface area contributed by atoms with Crippen molar-refractivity contribution in [3.63, 3.8) is 0 Å². The molecule has 4 nitrogen and oxygen atoms in total. The molecule has 0 aromatic rings. The number of thiol groups is 2. The first kappa shape index (κ1) is 10.5. The predicted molar refractivity (Wildman–Crippen MR) is 41.8 cm³/mol. The minimum atomic E-state index is 0.230. The highest BCUT2D eigenvalue weighted by Gasteiger charge is 1.87. The van der Waals surface area contributed by atoms with Gasteiger partial charge in [0, 0.05) is 0 Å². The van der Waals surface area contributed by atoms with Crippen molar-refractivity contribution < 1.29 is 19.6 Å². The molecule has 0 atom stereocenters. The lowest BCUT2D eigenvalue weighted by atomic mass is 10.8. The Morgan fingerprint density at radius 3 is 1.40 bits per heavy atom. The van der Waals surface area contributed by atoms with Crippen molar-refractivity contribution in [1.82, 2.24) is 0 Å². The van der Waals surface area contributed by atoms with E-state index in [9.17, 15) is 0 Å². The van der Waals surface area contributed by atoms with Gasteiger partial charge in [0.05, 0.1) is 0 Å². The largest absolute Gasteiger partial charge is 0.233 e. The molecule has 0 fully saturated rings. The number of hydrogen-bond donors (Lipinski definition) is 2. The average Bonchev–Trinajstić information content (AvgIpc) is 1.97. The van der Waals surface area contributed by atoms with E-state index >= 15 is 0 Å². The molecule has 10 heavy (non-hydrogen) atoms. The van der Waals surface area contributed by atoms with Gasteiger partial charge < -0.3 is 0 Å². The van der Waals surface area contributed by atoms with Crippen molar-refractivity contribution in [2.24, 2.45) is 0 Å². The van der Waals surface area contributed by atoms with Gasteiger partial charge in [0.15, 0.2) is 0 Å². The van der Waals surface area contributed by atoms with Crippen molar-refractivity contribution in [1.29, 1.82) is 0 Å². The Morgan fingerprint density at radius 1 is 0.700 bits per heavy atom. The Bertz CT molecular complexity index is 55.2. The maximum atomic E-state index is 4.52. The van der Waals surface area contributed by atoms with E-state index < -0.39 is 0 Å². The van der Waals surface area contributed by atoms with Crippen LogP contribution in [0.1, 0.15) is 0 Å². The van der Waals surface area contributed by atoms with Crippen LogP contribution in [0.25, 0.3) is 0 Å². The summed E-state index contributed by atoms with van der Waals surface area (Å²) in [5.74, 6) is 0.459. The van der Waals surface area contributed by atoms with Crippen molar-refractivity contribution in [2.45, 2.75) is 0 Å². The maximum Gasteiger partial charge on any atom is 0.125 e. The van der Waals surface area contributed by atoms with Crippen LogP contribution in [-0.2, 0) is 19.6 Å². The van der Waals surface area contributed by atoms with Crippen molar-refractivity contribution in [3.05, 3.63) is 0 Å². The van der Waals surface area contributed by atoms with Crippen LogP contribution in [0, 0.1) is 0 Å². The lowest BCUT2D eigenvalue weighted by Gasteiger charge is -2.00. The molecule has 62 valence electrons. The van der Waals surface area contributed by atoms with Crippen LogP contribution >= 0.6 is 25.3 Å². The van der Waals surface area contributed by atoms with Crippen molar-refractivity contribution in [2.75, 3.05) is 25.1 Å². The van der Waals surface area contributed by atoms with E-state index in [4.69, 9.17) is 0 Å². The Morgan fingerprint density at radius 2 is 1.10 bits per heavy atom. The van der Waals surface area contributed by atoms with Gasteiger partial charge in [-0.15, -0.1) is 25.3 Å². The molecule has 0 saturated carbocycles. The molecule has 0 heterocycles. The van der Waals surface area contributed by atoms with E-state index in [1.54, 1.807) is 0 Å². The van der Waals surface area contributed by atoms with Crippen LogP contribution in [0.3, 0.4) is 0 Å². The van der Waals surface area contributed by atoms with Crippen LogP contribution in [0.15, 0.2) is 0 Å². The molecule has 0 aliphatic rings. The summed E-state index contributed by atoms with van der Waals surface area (Å²) in [6.45, 7) is 0.628. The minimum Gasteiger partial charge on any atom is -0.233 e. The summed E-state index contributed by atoms with van der Waals surface area (Å²) < 4.78 is 0. The molecule has 0 saturated heterocycles. The van der Waals surface area contributed by atoms with E-state index in [-0.39, 0.29) is 11.9 Å². The molecule has 0 spiro atoms. The highest BCUT2D eigenvalue weighted by Crippen LogP contribution is 1.84. The van der Waals surface area contributed by atoms with Gasteiger partial charge in [-0.2, -0.15) is 0 Å². The molecule has 0 radical (unpaired) electrons. The smallest absolute Gasteiger partial charge is 0.125 e. The molecular weight excluding hydrogens is 176 g/mol. The van der Waals surface area contributed by atoms with E-state index in [1.807, 2.05) is 0 Å². The normalized spacial score (nSPS) is 10.2. The SMILES string of the molecule is SCOOCCOOCS. The average molecular weight is 186 g/mol. The quantitative estimate of drug-likeness (QED) is 0.201. The van der Waals surface area contributed by atoms with Crippen molar-refractivity contribution in [3.8, 4) is 0 Å². The van der Waals surface area contributed by atoms with Gasteiger partial charge in [-0.05, 0) is 0 Å². The van der Waals surface area contributed by atoms with E-state index in [1.165, 1.54) is 0 Å². The molecule has 0 aliphatic heterocycles. The van der Waals surface area contributed by atoms with E-state index in [0.717, 1.165) is 0 Å². The molecule has 0 bridgehead atoms. The summed E-state index contributed by atoms with van der Waals surface area (Å²) in [6.07, 6.45) is 0. The van der Waals surface area contributed by atoms with Gasteiger partial charge in [0.25, 0.3) is 0 Å². The Labute approximate surface area is 70.5 Å². The topological polar surface area (TPSA) is 36.9 Å². The Hall–Kier alpha value is 0.540. The van der Waals surface area contributed by atoms with Gasteiger partial charge in [-0.3, -0.25) is 0 Å². The first-order chi connectivity index (χ1) is 4.91. The fourth-order valence-corrected chi connectivity index (χ4v) is 0.409. The summed E-state index contributed by atoms with van der Waals surface area (Å²) in [4.78, 5) is 17.9. The Kier molecular flexibility index (Phi) is 10.1. The number of rotatable bonds is 7. The van der Waals surface area contributed by atoms with Crippen LogP contribution in [0.4, 0.5) is 0 Å². The van der Waals surface area contributed by atoms with Crippen LogP contribution in [-0.4, -0.2) is 25.1 Å². The molecule has 0 N–H and O–H groups in total. The first-order valence-corrected chi connectivity index (χ1v) is 3.89. The third-order valence-corrected chi connectivity index (χ3v) is 0.733. The zero-order chi connectivity index (χ0) is 7.66. The van der Waals surface area contributed by atoms with E-state index in [0.29, 0.717) is 13.2 Å². The molecule has 0 aliphatic carbocycles. The minimum absolute atomic E-state index is 0.230. The van der Waals surface area contributed by atoms with Gasteiger partial charge in [0.2, 0.25) is 0 Å². The van der Waals surface area contributed by atoms with Gasteiger partial charge in [-0.1, -0.05) is 0 Å². The van der Waals surface area contributed by atoms with Gasteiger partial charge in [-0.25, -0.2) is 19.6 Å². The van der Waals surface area contributed by atoms with Gasteiger partial charge in [0.1, 0.15) is 25.1 Å². The highest BCUT2D eigenvalue weighted by molar-refractivity contribution is 7.80. The van der Waals surface area contributed by atoms with Crippen LogP contribution in [0.2, 0.25) is 0 Å². The van der Waals surface area contributed by atoms with Crippen LogP contribution < -0.4 is 0 Å². The van der Waals surface area contributed by atoms with E-state index in [2.05, 4.69) is 44.8 Å². The molecule has 0 aromatic carbocycles.